The molecular weight excluding hydrogens is 256 g/mol. The fraction of sp³-hybridized carbons (Fsp3) is 0.200. The van der Waals surface area contributed by atoms with Gasteiger partial charge in [0.25, 0.3) is 5.91 Å². The number of aromatic nitrogens is 1. The van der Waals surface area contributed by atoms with Gasteiger partial charge in [-0.25, -0.2) is 4.98 Å². The zero-order valence-corrected chi connectivity index (χ0v) is 11.4. The summed E-state index contributed by atoms with van der Waals surface area (Å²) in [5, 5.41) is 2.79. The lowest BCUT2D eigenvalue weighted by Gasteiger charge is -2.09. The molecule has 0 fully saturated rings. The number of rotatable bonds is 5. The van der Waals surface area contributed by atoms with Crippen LogP contribution in [0.4, 0.5) is 5.69 Å². The molecule has 0 radical (unpaired) electrons. The maximum absolute atomic E-state index is 12.1. The molecule has 20 heavy (non-hydrogen) atoms. The Morgan fingerprint density at radius 2 is 2.00 bits per heavy atom. The van der Waals surface area contributed by atoms with Crippen LogP contribution in [0, 0.1) is 0 Å². The average molecular weight is 272 g/mol. The lowest BCUT2D eigenvalue weighted by molar-refractivity contribution is 0.102. The molecule has 0 saturated carbocycles. The van der Waals surface area contributed by atoms with Crippen molar-refractivity contribution < 1.29 is 14.3 Å². The number of carbonyl (C=O) groups excluding carboxylic acids is 1. The van der Waals surface area contributed by atoms with Crippen LogP contribution in [0.15, 0.2) is 42.6 Å². The molecule has 1 N–H and O–H groups in total. The number of hydrogen-bond acceptors (Lipinski definition) is 4. The van der Waals surface area contributed by atoms with Gasteiger partial charge in [-0.15, -0.1) is 0 Å². The Morgan fingerprint density at radius 3 is 2.65 bits per heavy atom. The number of anilines is 1. The van der Waals surface area contributed by atoms with E-state index in [2.05, 4.69) is 10.3 Å². The van der Waals surface area contributed by atoms with Crippen LogP contribution in [0.2, 0.25) is 0 Å². The normalized spacial score (nSPS) is 9.90. The first-order valence-corrected chi connectivity index (χ1v) is 6.27. The van der Waals surface area contributed by atoms with Crippen LogP contribution in [0.1, 0.15) is 17.3 Å². The van der Waals surface area contributed by atoms with Gasteiger partial charge in [-0.05, 0) is 43.3 Å². The second kappa shape index (κ2) is 6.56. The first-order chi connectivity index (χ1) is 9.74. The largest absolute Gasteiger partial charge is 0.494 e. The minimum Gasteiger partial charge on any atom is -0.494 e. The molecule has 2 aromatic rings. The van der Waals surface area contributed by atoms with Gasteiger partial charge in [-0.3, -0.25) is 4.79 Å². The van der Waals surface area contributed by atoms with Crippen molar-refractivity contribution in [3.63, 3.8) is 0 Å². The van der Waals surface area contributed by atoms with Crippen molar-refractivity contribution in [2.24, 2.45) is 0 Å². The number of benzene rings is 1. The highest BCUT2D eigenvalue weighted by molar-refractivity contribution is 6.05. The van der Waals surface area contributed by atoms with E-state index >= 15 is 0 Å². The standard InChI is InChI=1S/C15H16N2O3/c1-3-20-12-8-6-11(7-9-12)17-14(18)13-5-4-10-16-15(13)19-2/h4-10H,3H2,1-2H3,(H,17,18). The number of pyridine rings is 1. The van der Waals surface area contributed by atoms with E-state index in [0.29, 0.717) is 23.7 Å². The number of hydrogen-bond donors (Lipinski definition) is 1. The Bertz CT molecular complexity index is 582. The third-order valence-corrected chi connectivity index (χ3v) is 2.63. The number of ether oxygens (including phenoxy) is 2. The summed E-state index contributed by atoms with van der Waals surface area (Å²) in [5.74, 6) is 0.805. The lowest BCUT2D eigenvalue weighted by atomic mass is 10.2. The van der Waals surface area contributed by atoms with Gasteiger partial charge < -0.3 is 14.8 Å². The number of methoxy groups -OCH3 is 1. The van der Waals surface area contributed by atoms with Crippen LogP contribution in [-0.4, -0.2) is 24.6 Å². The molecule has 1 amide bonds. The topological polar surface area (TPSA) is 60.5 Å². The summed E-state index contributed by atoms with van der Waals surface area (Å²) in [7, 11) is 1.48. The van der Waals surface area contributed by atoms with Crippen molar-refractivity contribution in [3.8, 4) is 11.6 Å². The van der Waals surface area contributed by atoms with Gasteiger partial charge in [0.05, 0.1) is 13.7 Å². The highest BCUT2D eigenvalue weighted by Crippen LogP contribution is 2.19. The first-order valence-electron chi connectivity index (χ1n) is 6.27. The molecule has 5 nitrogen and oxygen atoms in total. The average Bonchev–Trinajstić information content (AvgIpc) is 2.49. The predicted molar refractivity (Wildman–Crippen MR) is 76.4 cm³/mol. The Kier molecular flexibility index (Phi) is 4.55. The molecule has 0 saturated heterocycles. The van der Waals surface area contributed by atoms with Crippen LogP contribution in [0.3, 0.4) is 0 Å². The highest BCUT2D eigenvalue weighted by Gasteiger charge is 2.12. The van der Waals surface area contributed by atoms with E-state index in [1.54, 1.807) is 42.6 Å². The Hall–Kier alpha value is -2.56. The minimum atomic E-state index is -0.265. The van der Waals surface area contributed by atoms with E-state index in [1.807, 2.05) is 6.92 Å². The van der Waals surface area contributed by atoms with Crippen LogP contribution in [-0.2, 0) is 0 Å². The molecule has 0 unspecified atom stereocenters. The van der Waals surface area contributed by atoms with Crippen molar-refractivity contribution in [3.05, 3.63) is 48.2 Å². The van der Waals surface area contributed by atoms with Crippen LogP contribution in [0.25, 0.3) is 0 Å². The van der Waals surface area contributed by atoms with Gasteiger partial charge in [-0.1, -0.05) is 0 Å². The Morgan fingerprint density at radius 1 is 1.25 bits per heavy atom. The first kappa shape index (κ1) is 13.9. The van der Waals surface area contributed by atoms with Gasteiger partial charge >= 0.3 is 0 Å². The van der Waals surface area contributed by atoms with E-state index < -0.39 is 0 Å². The fourth-order valence-electron chi connectivity index (χ4n) is 1.73. The zero-order valence-electron chi connectivity index (χ0n) is 11.4. The second-order valence-corrected chi connectivity index (χ2v) is 3.97. The van der Waals surface area contributed by atoms with Crippen molar-refractivity contribution in [2.45, 2.75) is 6.92 Å². The predicted octanol–water partition coefficient (Wildman–Crippen LogP) is 2.74. The third-order valence-electron chi connectivity index (χ3n) is 2.63. The van der Waals surface area contributed by atoms with Crippen molar-refractivity contribution in [1.29, 1.82) is 0 Å². The molecule has 104 valence electrons. The molecule has 5 heteroatoms. The maximum Gasteiger partial charge on any atom is 0.261 e. The lowest BCUT2D eigenvalue weighted by Crippen LogP contribution is -2.13. The maximum atomic E-state index is 12.1. The quantitative estimate of drug-likeness (QED) is 0.909. The van der Waals surface area contributed by atoms with E-state index in [4.69, 9.17) is 9.47 Å². The number of carbonyl (C=O) groups is 1. The van der Waals surface area contributed by atoms with Crippen LogP contribution >= 0.6 is 0 Å². The van der Waals surface area contributed by atoms with E-state index in [-0.39, 0.29) is 5.91 Å². The number of nitrogens with zero attached hydrogens (tertiary/aromatic N) is 1. The monoisotopic (exact) mass is 272 g/mol. The van der Waals surface area contributed by atoms with E-state index in [9.17, 15) is 4.79 Å². The number of nitrogens with one attached hydrogen (secondary N) is 1. The molecule has 0 aliphatic rings. The summed E-state index contributed by atoms with van der Waals surface area (Å²) in [6.07, 6.45) is 1.58. The minimum absolute atomic E-state index is 0.265. The molecule has 1 heterocycles. The van der Waals surface area contributed by atoms with Gasteiger partial charge in [0.2, 0.25) is 5.88 Å². The molecule has 0 aliphatic carbocycles. The Labute approximate surface area is 117 Å². The molecule has 2 rings (SSSR count). The van der Waals surface area contributed by atoms with Gasteiger partial charge in [0.1, 0.15) is 11.3 Å². The second-order valence-electron chi connectivity index (χ2n) is 3.97. The van der Waals surface area contributed by atoms with Crippen molar-refractivity contribution in [2.75, 3.05) is 19.0 Å². The van der Waals surface area contributed by atoms with E-state index in [0.717, 1.165) is 5.75 Å². The van der Waals surface area contributed by atoms with Gasteiger partial charge in [0.15, 0.2) is 0 Å². The van der Waals surface area contributed by atoms with Crippen molar-refractivity contribution in [1.82, 2.24) is 4.98 Å². The molecule has 1 aromatic carbocycles. The van der Waals surface area contributed by atoms with E-state index in [1.165, 1.54) is 7.11 Å². The summed E-state index contributed by atoms with van der Waals surface area (Å²) in [6, 6.07) is 10.5. The summed E-state index contributed by atoms with van der Waals surface area (Å²) < 4.78 is 10.4. The molecule has 0 aliphatic heterocycles. The summed E-state index contributed by atoms with van der Waals surface area (Å²) in [5.41, 5.74) is 1.08. The number of amides is 1. The van der Waals surface area contributed by atoms with Gasteiger partial charge in [-0.2, -0.15) is 0 Å². The van der Waals surface area contributed by atoms with Crippen LogP contribution < -0.4 is 14.8 Å². The zero-order chi connectivity index (χ0) is 14.4. The van der Waals surface area contributed by atoms with Gasteiger partial charge in [0, 0.05) is 11.9 Å². The smallest absolute Gasteiger partial charge is 0.261 e. The summed E-state index contributed by atoms with van der Waals surface area (Å²) >= 11 is 0. The molecular formula is C15H16N2O3. The SMILES string of the molecule is CCOc1ccc(NC(=O)c2cccnc2OC)cc1. The molecule has 0 bridgehead atoms. The summed E-state index contributed by atoms with van der Waals surface area (Å²) in [4.78, 5) is 16.1. The fourth-order valence-corrected chi connectivity index (χ4v) is 1.73. The highest BCUT2D eigenvalue weighted by atomic mass is 16.5. The summed E-state index contributed by atoms with van der Waals surface area (Å²) in [6.45, 7) is 2.53. The molecule has 0 atom stereocenters. The third kappa shape index (κ3) is 3.26. The molecule has 0 spiro atoms. The van der Waals surface area contributed by atoms with Crippen molar-refractivity contribution >= 4 is 11.6 Å². The van der Waals surface area contributed by atoms with Crippen LogP contribution in [0.5, 0.6) is 11.6 Å². The Balaban J connectivity index is 2.11. The molecule has 1 aromatic heterocycles.